The number of amides is 1. The van der Waals surface area contributed by atoms with Crippen molar-refractivity contribution >= 4 is 11.9 Å². The van der Waals surface area contributed by atoms with E-state index in [4.69, 9.17) is 4.74 Å². The van der Waals surface area contributed by atoms with Crippen LogP contribution in [0.5, 0.6) is 5.75 Å². The predicted molar refractivity (Wildman–Crippen MR) is 75.4 cm³/mol. The summed E-state index contributed by atoms with van der Waals surface area (Å²) in [6.45, 7) is 1.60. The van der Waals surface area contributed by atoms with E-state index in [1.54, 1.807) is 4.90 Å². The highest BCUT2D eigenvalue weighted by molar-refractivity contribution is 5.83. The number of nitrogens with one attached hydrogen (secondary N) is 1. The number of rotatable bonds is 4. The summed E-state index contributed by atoms with van der Waals surface area (Å²) in [6, 6.07) is 5.45. The number of hydrogen-bond acceptors (Lipinski definition) is 4. The first kappa shape index (κ1) is 13.9. The second kappa shape index (κ2) is 5.73. The Morgan fingerprint density at radius 2 is 2.33 bits per heavy atom. The summed E-state index contributed by atoms with van der Waals surface area (Å²) >= 11 is 0. The van der Waals surface area contributed by atoms with Crippen LogP contribution < -0.4 is 10.1 Å². The molecule has 21 heavy (non-hydrogen) atoms. The molecular weight excluding hydrogens is 272 g/mol. The minimum absolute atomic E-state index is 0.116. The zero-order chi connectivity index (χ0) is 14.8. The SMILES string of the molecule is O=C1CN(CCc2ccc3c(c2)CCO3)C(C(=O)O)CN1. The molecule has 1 aromatic carbocycles. The number of hydrogen-bond donors (Lipinski definition) is 2. The summed E-state index contributed by atoms with van der Waals surface area (Å²) in [5.74, 6) is -0.0632. The van der Waals surface area contributed by atoms with Gasteiger partial charge in [0.25, 0.3) is 0 Å². The minimum atomic E-state index is -0.891. The number of carboxylic acids is 1. The maximum atomic E-state index is 11.4. The van der Waals surface area contributed by atoms with E-state index in [1.807, 2.05) is 12.1 Å². The fourth-order valence-electron chi connectivity index (χ4n) is 2.84. The topological polar surface area (TPSA) is 78.9 Å². The van der Waals surface area contributed by atoms with Crippen LogP contribution in [0.1, 0.15) is 11.1 Å². The number of carbonyl (C=O) groups is 2. The van der Waals surface area contributed by atoms with Gasteiger partial charge in [-0.25, -0.2) is 0 Å². The molecule has 3 rings (SSSR count). The molecule has 1 unspecified atom stereocenters. The summed E-state index contributed by atoms with van der Waals surface area (Å²) in [4.78, 5) is 24.4. The van der Waals surface area contributed by atoms with Gasteiger partial charge < -0.3 is 15.2 Å². The number of aliphatic carboxylic acids is 1. The maximum Gasteiger partial charge on any atom is 0.322 e. The molecule has 2 aliphatic rings. The van der Waals surface area contributed by atoms with E-state index in [9.17, 15) is 14.7 Å². The van der Waals surface area contributed by atoms with Crippen molar-refractivity contribution in [3.05, 3.63) is 29.3 Å². The minimum Gasteiger partial charge on any atom is -0.493 e. The monoisotopic (exact) mass is 290 g/mol. The molecule has 1 amide bonds. The molecule has 2 heterocycles. The average molecular weight is 290 g/mol. The van der Waals surface area contributed by atoms with Crippen molar-refractivity contribution in [1.82, 2.24) is 10.2 Å². The highest BCUT2D eigenvalue weighted by Gasteiger charge is 2.31. The van der Waals surface area contributed by atoms with Gasteiger partial charge >= 0.3 is 5.97 Å². The number of piperazine rings is 1. The fraction of sp³-hybridized carbons (Fsp3) is 0.467. The van der Waals surface area contributed by atoms with Gasteiger partial charge in [-0.3, -0.25) is 14.5 Å². The van der Waals surface area contributed by atoms with E-state index in [-0.39, 0.29) is 19.0 Å². The molecule has 2 N–H and O–H groups in total. The zero-order valence-electron chi connectivity index (χ0n) is 11.7. The summed E-state index contributed by atoms with van der Waals surface area (Å²) in [7, 11) is 0. The van der Waals surface area contributed by atoms with E-state index in [1.165, 1.54) is 5.56 Å². The quantitative estimate of drug-likeness (QED) is 0.819. The zero-order valence-corrected chi connectivity index (χ0v) is 11.7. The third-order valence-corrected chi connectivity index (χ3v) is 4.01. The number of fused-ring (bicyclic) bond motifs is 1. The molecular formula is C15H18N2O4. The lowest BCUT2D eigenvalue weighted by molar-refractivity contribution is -0.145. The summed E-state index contributed by atoms with van der Waals surface area (Å²) < 4.78 is 5.47. The van der Waals surface area contributed by atoms with Crippen LogP contribution in [-0.4, -0.2) is 54.2 Å². The lowest BCUT2D eigenvalue weighted by Gasteiger charge is -2.32. The van der Waals surface area contributed by atoms with Crippen LogP contribution in [0.25, 0.3) is 0 Å². The Balaban J connectivity index is 1.65. The third-order valence-electron chi connectivity index (χ3n) is 4.01. The Hall–Kier alpha value is -2.08. The van der Waals surface area contributed by atoms with E-state index in [0.717, 1.165) is 30.8 Å². The molecule has 112 valence electrons. The second-order valence-corrected chi connectivity index (χ2v) is 5.42. The molecule has 6 nitrogen and oxygen atoms in total. The van der Waals surface area contributed by atoms with Gasteiger partial charge in [-0.2, -0.15) is 0 Å². The number of carboxylic acid groups (broad SMARTS) is 1. The Bertz CT molecular complexity index is 573. The predicted octanol–water partition coefficient (Wildman–Crippen LogP) is 0.0490. The first-order valence-corrected chi connectivity index (χ1v) is 7.11. The van der Waals surface area contributed by atoms with Crippen LogP contribution in [0.2, 0.25) is 0 Å². The Labute approximate surface area is 122 Å². The summed E-state index contributed by atoms with van der Waals surface area (Å²) in [5.41, 5.74) is 2.35. The van der Waals surface area contributed by atoms with Gasteiger partial charge in [0.15, 0.2) is 0 Å². The first-order chi connectivity index (χ1) is 10.1. The standard InChI is InChI=1S/C15H18N2O4/c18-14-9-17(12(8-16-14)15(19)20)5-3-10-1-2-13-11(7-10)4-6-21-13/h1-2,7,12H,3-6,8-9H2,(H,16,18)(H,19,20). The largest absolute Gasteiger partial charge is 0.493 e. The van der Waals surface area contributed by atoms with E-state index < -0.39 is 12.0 Å². The van der Waals surface area contributed by atoms with Crippen LogP contribution in [0.4, 0.5) is 0 Å². The molecule has 0 spiro atoms. The lowest BCUT2D eigenvalue weighted by atomic mass is 10.1. The van der Waals surface area contributed by atoms with Gasteiger partial charge in [-0.1, -0.05) is 12.1 Å². The third kappa shape index (κ3) is 3.00. The Morgan fingerprint density at radius 1 is 1.48 bits per heavy atom. The molecule has 1 fully saturated rings. The van der Waals surface area contributed by atoms with Gasteiger partial charge in [0.1, 0.15) is 11.8 Å². The second-order valence-electron chi connectivity index (χ2n) is 5.42. The van der Waals surface area contributed by atoms with E-state index in [0.29, 0.717) is 6.54 Å². The molecule has 0 aromatic heterocycles. The van der Waals surface area contributed by atoms with Crippen molar-refractivity contribution in [2.45, 2.75) is 18.9 Å². The average Bonchev–Trinajstić information content (AvgIpc) is 2.92. The van der Waals surface area contributed by atoms with Crippen LogP contribution in [-0.2, 0) is 22.4 Å². The van der Waals surface area contributed by atoms with Crippen molar-refractivity contribution in [3.63, 3.8) is 0 Å². The van der Waals surface area contributed by atoms with Gasteiger partial charge in [0, 0.05) is 19.5 Å². The fourth-order valence-corrected chi connectivity index (χ4v) is 2.84. The van der Waals surface area contributed by atoms with Crippen LogP contribution in [0, 0.1) is 0 Å². The van der Waals surface area contributed by atoms with Gasteiger partial charge in [0.2, 0.25) is 5.91 Å². The molecule has 0 radical (unpaired) electrons. The molecule has 1 atom stereocenters. The van der Waals surface area contributed by atoms with Crippen molar-refractivity contribution in [2.24, 2.45) is 0 Å². The number of benzene rings is 1. The van der Waals surface area contributed by atoms with Crippen LogP contribution in [0.15, 0.2) is 18.2 Å². The lowest BCUT2D eigenvalue weighted by Crippen LogP contribution is -2.57. The van der Waals surface area contributed by atoms with Crippen molar-refractivity contribution in [3.8, 4) is 5.75 Å². The summed E-state index contributed by atoms with van der Waals surface area (Å²) in [5, 5.41) is 11.8. The maximum absolute atomic E-state index is 11.4. The van der Waals surface area contributed by atoms with Gasteiger partial charge in [-0.05, 0) is 23.6 Å². The molecule has 0 saturated carbocycles. The van der Waals surface area contributed by atoms with Crippen LogP contribution in [0.3, 0.4) is 0 Å². The molecule has 6 heteroatoms. The Kier molecular flexibility index (Phi) is 3.79. The molecule has 0 aliphatic carbocycles. The number of ether oxygens (including phenoxy) is 1. The highest BCUT2D eigenvalue weighted by Crippen LogP contribution is 2.26. The normalized spacial score (nSPS) is 21.5. The van der Waals surface area contributed by atoms with E-state index in [2.05, 4.69) is 11.4 Å². The molecule has 1 aromatic rings. The van der Waals surface area contributed by atoms with Crippen molar-refractivity contribution in [2.75, 3.05) is 26.2 Å². The van der Waals surface area contributed by atoms with E-state index >= 15 is 0 Å². The first-order valence-electron chi connectivity index (χ1n) is 7.11. The molecule has 2 aliphatic heterocycles. The number of carbonyl (C=O) groups excluding carboxylic acids is 1. The van der Waals surface area contributed by atoms with Gasteiger partial charge in [0.05, 0.1) is 13.2 Å². The number of nitrogens with zero attached hydrogens (tertiary/aromatic N) is 1. The highest BCUT2D eigenvalue weighted by atomic mass is 16.5. The summed E-state index contributed by atoms with van der Waals surface area (Å²) in [6.07, 6.45) is 1.65. The van der Waals surface area contributed by atoms with Gasteiger partial charge in [-0.15, -0.1) is 0 Å². The van der Waals surface area contributed by atoms with Crippen molar-refractivity contribution < 1.29 is 19.4 Å². The van der Waals surface area contributed by atoms with Crippen molar-refractivity contribution in [1.29, 1.82) is 0 Å². The Morgan fingerprint density at radius 3 is 3.14 bits per heavy atom. The molecule has 1 saturated heterocycles. The molecule has 0 bridgehead atoms. The smallest absolute Gasteiger partial charge is 0.322 e. The van der Waals surface area contributed by atoms with Crippen LogP contribution >= 0.6 is 0 Å².